The van der Waals surface area contributed by atoms with Crippen molar-refractivity contribution in [2.45, 2.75) is 34.2 Å². The minimum Gasteiger partial charge on any atom is -0.507 e. The third kappa shape index (κ3) is 4.50. The molecular formula is C25H29N2O3S+. The second kappa shape index (κ2) is 8.81. The molecule has 0 unspecified atom stereocenters. The van der Waals surface area contributed by atoms with Gasteiger partial charge in [0.25, 0.3) is 0 Å². The fourth-order valence-corrected chi connectivity index (χ4v) is 5.15. The third-order valence-corrected chi connectivity index (χ3v) is 6.43. The van der Waals surface area contributed by atoms with Gasteiger partial charge in [0.15, 0.2) is 0 Å². The first kappa shape index (κ1) is 21.5. The maximum atomic E-state index is 13.3. The zero-order valence-corrected chi connectivity index (χ0v) is 19.3. The number of para-hydroxylation sites is 1. The summed E-state index contributed by atoms with van der Waals surface area (Å²) in [5.41, 5.74) is 2.38. The summed E-state index contributed by atoms with van der Waals surface area (Å²) >= 11 is 1.48. The van der Waals surface area contributed by atoms with Gasteiger partial charge in [0, 0.05) is 11.8 Å². The highest BCUT2D eigenvalue weighted by molar-refractivity contribution is 7.21. The highest BCUT2D eigenvalue weighted by Crippen LogP contribution is 2.31. The van der Waals surface area contributed by atoms with E-state index in [1.807, 2.05) is 24.3 Å². The summed E-state index contributed by atoms with van der Waals surface area (Å²) < 4.78 is 7.02. The average Bonchev–Trinajstić information content (AvgIpc) is 3.13. The average molecular weight is 438 g/mol. The van der Waals surface area contributed by atoms with Crippen LogP contribution in [0.4, 0.5) is 0 Å². The van der Waals surface area contributed by atoms with E-state index in [1.54, 1.807) is 12.1 Å². The zero-order chi connectivity index (χ0) is 22.1. The van der Waals surface area contributed by atoms with Crippen molar-refractivity contribution in [1.29, 1.82) is 0 Å². The molecule has 2 heterocycles. The van der Waals surface area contributed by atoms with E-state index in [1.165, 1.54) is 22.5 Å². The molecule has 0 aliphatic carbocycles. The Morgan fingerprint density at radius 2 is 1.77 bits per heavy atom. The Morgan fingerprint density at radius 1 is 1.06 bits per heavy atom. The summed E-state index contributed by atoms with van der Waals surface area (Å²) in [5, 5.41) is 11.7. The highest BCUT2D eigenvalue weighted by Gasteiger charge is 2.22. The predicted octanol–water partition coefficient (Wildman–Crippen LogP) is 4.47. The largest absolute Gasteiger partial charge is 0.507 e. The molecule has 0 bridgehead atoms. The minimum atomic E-state index is -0.115. The number of aromatic nitrogens is 1. The topological polar surface area (TPSA) is 67.8 Å². The van der Waals surface area contributed by atoms with Crippen molar-refractivity contribution in [2.24, 2.45) is 11.8 Å². The number of phenols is 1. The lowest BCUT2D eigenvalue weighted by Gasteiger charge is -2.24. The lowest BCUT2D eigenvalue weighted by Crippen LogP contribution is -3.11. The van der Waals surface area contributed by atoms with Gasteiger partial charge in [-0.15, -0.1) is 11.3 Å². The van der Waals surface area contributed by atoms with Crippen molar-refractivity contribution >= 4 is 32.5 Å². The Hall–Kier alpha value is -2.70. The molecule has 162 valence electrons. The first-order valence-electron chi connectivity index (χ1n) is 10.8. The molecule has 0 aliphatic rings. The van der Waals surface area contributed by atoms with Gasteiger partial charge >= 0.3 is 0 Å². The smallest absolute Gasteiger partial charge is 0.202 e. The molecule has 2 aromatic carbocycles. The van der Waals surface area contributed by atoms with E-state index >= 15 is 0 Å². The monoisotopic (exact) mass is 437 g/mol. The van der Waals surface area contributed by atoms with Crippen LogP contribution in [0.3, 0.4) is 0 Å². The Balaban J connectivity index is 1.78. The van der Waals surface area contributed by atoms with Crippen LogP contribution in [0, 0.1) is 11.8 Å². The van der Waals surface area contributed by atoms with Crippen LogP contribution in [0.25, 0.3) is 31.8 Å². The molecule has 0 radical (unpaired) electrons. The number of rotatable bonds is 7. The van der Waals surface area contributed by atoms with Gasteiger partial charge in [-0.05, 0) is 24.3 Å². The van der Waals surface area contributed by atoms with E-state index in [0.717, 1.165) is 23.3 Å². The fourth-order valence-electron chi connectivity index (χ4n) is 4.19. The number of aromatic hydroxyl groups is 1. The lowest BCUT2D eigenvalue weighted by atomic mass is 10.1. The van der Waals surface area contributed by atoms with E-state index < -0.39 is 0 Å². The Labute approximate surface area is 186 Å². The zero-order valence-electron chi connectivity index (χ0n) is 18.4. The molecule has 0 atom stereocenters. The number of phenolic OH excluding ortho intramolecular Hbond substituents is 1. The van der Waals surface area contributed by atoms with Gasteiger partial charge in [0.2, 0.25) is 5.43 Å². The van der Waals surface area contributed by atoms with Crippen LogP contribution in [0.5, 0.6) is 5.75 Å². The molecule has 0 fully saturated rings. The maximum absolute atomic E-state index is 13.3. The number of nitrogens with zero attached hydrogens (tertiary/aromatic N) is 1. The van der Waals surface area contributed by atoms with Gasteiger partial charge in [-0.25, -0.2) is 4.98 Å². The number of benzene rings is 2. The van der Waals surface area contributed by atoms with Crippen molar-refractivity contribution in [3.05, 3.63) is 58.4 Å². The molecule has 2 aromatic heterocycles. The first-order chi connectivity index (χ1) is 14.8. The SMILES string of the molecule is CC(C)C[NH+](Cc1c(O)ccc2c(=O)c(-c3nc4ccccc4s3)coc12)CC(C)C. The number of quaternary nitrogens is 1. The molecule has 5 nitrogen and oxygen atoms in total. The Bertz CT molecular complexity index is 1230. The van der Waals surface area contributed by atoms with Gasteiger partial charge in [-0.1, -0.05) is 39.8 Å². The summed E-state index contributed by atoms with van der Waals surface area (Å²) in [6.45, 7) is 11.4. The molecule has 0 aliphatic heterocycles. The van der Waals surface area contributed by atoms with Crippen LogP contribution in [0.2, 0.25) is 0 Å². The summed E-state index contributed by atoms with van der Waals surface area (Å²) in [4.78, 5) is 19.3. The predicted molar refractivity (Wildman–Crippen MR) is 127 cm³/mol. The molecular weight excluding hydrogens is 408 g/mol. The van der Waals surface area contributed by atoms with Gasteiger partial charge in [-0.3, -0.25) is 4.79 Å². The molecule has 4 aromatic rings. The van der Waals surface area contributed by atoms with E-state index in [-0.39, 0.29) is 11.2 Å². The van der Waals surface area contributed by atoms with Crippen LogP contribution >= 0.6 is 11.3 Å². The number of thiazole rings is 1. The summed E-state index contributed by atoms with van der Waals surface area (Å²) in [6, 6.07) is 11.1. The maximum Gasteiger partial charge on any atom is 0.202 e. The van der Waals surface area contributed by atoms with E-state index in [9.17, 15) is 9.90 Å². The molecule has 0 saturated heterocycles. The van der Waals surface area contributed by atoms with Crippen molar-refractivity contribution in [3.8, 4) is 16.3 Å². The molecule has 2 N–H and O–H groups in total. The summed E-state index contributed by atoms with van der Waals surface area (Å²) in [5.74, 6) is 1.24. The standard InChI is InChI=1S/C25H28N2O3S/c1-15(2)11-27(12-16(3)4)13-18-21(28)10-9-17-23(29)19(14-30-24(17)18)25-26-20-7-5-6-8-22(20)31-25/h5-10,14-16,28H,11-13H2,1-4H3/p+1. The highest BCUT2D eigenvalue weighted by atomic mass is 32.1. The van der Waals surface area contributed by atoms with E-state index in [2.05, 4.69) is 32.7 Å². The van der Waals surface area contributed by atoms with Gasteiger partial charge < -0.3 is 14.4 Å². The number of fused-ring (bicyclic) bond motifs is 2. The first-order valence-corrected chi connectivity index (χ1v) is 11.6. The molecule has 4 rings (SSSR count). The van der Waals surface area contributed by atoms with Crippen LogP contribution in [0.15, 0.2) is 51.9 Å². The van der Waals surface area contributed by atoms with Crippen LogP contribution in [0.1, 0.15) is 33.3 Å². The number of nitrogens with one attached hydrogen (secondary N) is 1. The Morgan fingerprint density at radius 3 is 2.45 bits per heavy atom. The van der Waals surface area contributed by atoms with Crippen LogP contribution in [-0.4, -0.2) is 23.2 Å². The summed E-state index contributed by atoms with van der Waals surface area (Å²) in [6.07, 6.45) is 1.50. The molecule has 0 spiro atoms. The van der Waals surface area contributed by atoms with E-state index in [4.69, 9.17) is 4.42 Å². The van der Waals surface area contributed by atoms with Crippen molar-refractivity contribution in [3.63, 3.8) is 0 Å². The summed E-state index contributed by atoms with van der Waals surface area (Å²) in [7, 11) is 0. The quantitative estimate of drug-likeness (QED) is 0.448. The molecule has 6 heteroatoms. The number of hydrogen-bond donors (Lipinski definition) is 2. The van der Waals surface area contributed by atoms with Crippen molar-refractivity contribution in [1.82, 2.24) is 4.98 Å². The normalized spacial score (nSPS) is 12.1. The minimum absolute atomic E-state index is 0.115. The van der Waals surface area contributed by atoms with Gasteiger partial charge in [0.05, 0.1) is 39.8 Å². The fraction of sp³-hybridized carbons (Fsp3) is 0.360. The lowest BCUT2D eigenvalue weighted by molar-refractivity contribution is -0.919. The van der Waals surface area contributed by atoms with Crippen molar-refractivity contribution in [2.75, 3.05) is 13.1 Å². The van der Waals surface area contributed by atoms with E-state index in [0.29, 0.717) is 45.5 Å². The number of hydrogen-bond acceptors (Lipinski definition) is 5. The van der Waals surface area contributed by atoms with Gasteiger partial charge in [0.1, 0.15) is 29.1 Å². The van der Waals surface area contributed by atoms with Gasteiger partial charge in [-0.2, -0.15) is 0 Å². The second-order valence-corrected chi connectivity index (χ2v) is 10.1. The van der Waals surface area contributed by atoms with Crippen LogP contribution in [-0.2, 0) is 6.54 Å². The Kier molecular flexibility index (Phi) is 6.12. The third-order valence-electron chi connectivity index (χ3n) is 5.36. The second-order valence-electron chi connectivity index (χ2n) is 9.03. The molecule has 0 saturated carbocycles. The molecule has 0 amide bonds. The van der Waals surface area contributed by atoms with Crippen LogP contribution < -0.4 is 10.3 Å². The van der Waals surface area contributed by atoms with Crippen molar-refractivity contribution < 1.29 is 14.4 Å². The molecule has 31 heavy (non-hydrogen) atoms.